The van der Waals surface area contributed by atoms with Gasteiger partial charge in [-0.25, -0.2) is 13.6 Å². The zero-order valence-electron chi connectivity index (χ0n) is 14.6. The fourth-order valence-electron chi connectivity index (χ4n) is 3.87. The number of piperidine rings is 1. The summed E-state index contributed by atoms with van der Waals surface area (Å²) in [7, 11) is 0. The smallest absolute Gasteiger partial charge is 0.317 e. The molecule has 3 amide bonds. The molecule has 1 atom stereocenters. The van der Waals surface area contributed by atoms with Gasteiger partial charge in [0, 0.05) is 38.3 Å². The normalized spacial score (nSPS) is 22.8. The number of hydrogen-bond donors (Lipinski definition) is 1. The van der Waals surface area contributed by atoms with Crippen molar-refractivity contribution in [2.24, 2.45) is 5.41 Å². The first-order valence-electron chi connectivity index (χ1n) is 8.83. The number of carbonyl (C=O) groups excluding carboxylic acids is 2. The van der Waals surface area contributed by atoms with Crippen LogP contribution in [0.15, 0.2) is 30.9 Å². The zero-order chi connectivity index (χ0) is 18.7. The van der Waals surface area contributed by atoms with Gasteiger partial charge in [-0.05, 0) is 25.3 Å². The molecule has 2 saturated heterocycles. The third-order valence-corrected chi connectivity index (χ3v) is 5.26. The molecule has 26 heavy (non-hydrogen) atoms. The summed E-state index contributed by atoms with van der Waals surface area (Å²) in [5, 5.41) is 2.73. The zero-order valence-corrected chi connectivity index (χ0v) is 14.6. The Labute approximate surface area is 151 Å². The van der Waals surface area contributed by atoms with Crippen molar-refractivity contribution in [3.63, 3.8) is 0 Å². The standard InChI is InChI=1S/C19H23F2N3O2/c1-2-9-22-18(26)24-11-8-19(13-24)7-4-10-23(17(19)25)12-14-5-3-6-15(20)16(14)21/h2-3,5-6H,1,4,7-13H2,(H,22,26)/t19-/m0/s1. The van der Waals surface area contributed by atoms with Crippen molar-refractivity contribution >= 4 is 11.9 Å². The lowest BCUT2D eigenvalue weighted by Crippen LogP contribution is -2.50. The number of nitrogens with one attached hydrogen (secondary N) is 1. The minimum Gasteiger partial charge on any atom is -0.338 e. The molecular formula is C19H23F2N3O2. The van der Waals surface area contributed by atoms with Crippen LogP contribution in [0.5, 0.6) is 0 Å². The maximum absolute atomic E-state index is 14.0. The third-order valence-electron chi connectivity index (χ3n) is 5.26. The van der Waals surface area contributed by atoms with Crippen molar-refractivity contribution in [3.05, 3.63) is 48.1 Å². The van der Waals surface area contributed by atoms with E-state index in [9.17, 15) is 18.4 Å². The monoisotopic (exact) mass is 363 g/mol. The largest absolute Gasteiger partial charge is 0.338 e. The lowest BCUT2D eigenvalue weighted by atomic mass is 9.78. The Hall–Kier alpha value is -2.44. The number of halogens is 2. The molecule has 3 rings (SSSR count). The molecule has 1 aromatic carbocycles. The molecule has 1 aromatic rings. The van der Waals surface area contributed by atoms with Gasteiger partial charge in [0.2, 0.25) is 5.91 Å². The average Bonchev–Trinajstić information content (AvgIpc) is 3.06. The van der Waals surface area contributed by atoms with Crippen molar-refractivity contribution in [1.29, 1.82) is 0 Å². The van der Waals surface area contributed by atoms with Crippen LogP contribution in [-0.2, 0) is 11.3 Å². The summed E-state index contributed by atoms with van der Waals surface area (Å²) in [6.07, 6.45) is 3.68. The van der Waals surface area contributed by atoms with Crippen LogP contribution in [0.3, 0.4) is 0 Å². The van der Waals surface area contributed by atoms with Crippen LogP contribution in [0, 0.1) is 17.0 Å². The van der Waals surface area contributed by atoms with E-state index in [1.54, 1.807) is 15.9 Å². The van der Waals surface area contributed by atoms with E-state index in [0.29, 0.717) is 39.0 Å². The van der Waals surface area contributed by atoms with Gasteiger partial charge < -0.3 is 15.1 Å². The SMILES string of the molecule is C=CCNC(=O)N1CC[C@@]2(CCCN(Cc3cccc(F)c3F)C2=O)C1. The van der Waals surface area contributed by atoms with Gasteiger partial charge >= 0.3 is 6.03 Å². The van der Waals surface area contributed by atoms with E-state index in [2.05, 4.69) is 11.9 Å². The molecule has 2 heterocycles. The number of carbonyl (C=O) groups is 2. The third kappa shape index (κ3) is 3.43. The van der Waals surface area contributed by atoms with Gasteiger partial charge in [-0.2, -0.15) is 0 Å². The van der Waals surface area contributed by atoms with Gasteiger partial charge in [-0.3, -0.25) is 4.79 Å². The number of urea groups is 1. The topological polar surface area (TPSA) is 52.7 Å². The number of rotatable bonds is 4. The van der Waals surface area contributed by atoms with E-state index in [4.69, 9.17) is 0 Å². The Morgan fingerprint density at radius 3 is 2.88 bits per heavy atom. The second-order valence-electron chi connectivity index (χ2n) is 6.97. The number of likely N-dealkylation sites (tertiary alicyclic amines) is 2. The van der Waals surface area contributed by atoms with E-state index >= 15 is 0 Å². The molecule has 2 fully saturated rings. The average molecular weight is 363 g/mol. The molecular weight excluding hydrogens is 340 g/mol. The Kier molecular flexibility index (Phi) is 5.25. The van der Waals surface area contributed by atoms with Gasteiger partial charge in [0.25, 0.3) is 0 Å². The number of amides is 3. The van der Waals surface area contributed by atoms with Crippen LogP contribution >= 0.6 is 0 Å². The predicted molar refractivity (Wildman–Crippen MR) is 93.2 cm³/mol. The summed E-state index contributed by atoms with van der Waals surface area (Å²) in [6.45, 7) is 5.37. The Balaban J connectivity index is 1.71. The Bertz CT molecular complexity index is 725. The first kappa shape index (κ1) is 18.4. The molecule has 5 nitrogen and oxygen atoms in total. The molecule has 0 aromatic heterocycles. The van der Waals surface area contributed by atoms with E-state index in [1.807, 2.05) is 0 Å². The lowest BCUT2D eigenvalue weighted by Gasteiger charge is -2.39. The second-order valence-corrected chi connectivity index (χ2v) is 6.97. The fraction of sp³-hybridized carbons (Fsp3) is 0.474. The molecule has 1 spiro atoms. The fourth-order valence-corrected chi connectivity index (χ4v) is 3.87. The summed E-state index contributed by atoms with van der Waals surface area (Å²) >= 11 is 0. The van der Waals surface area contributed by atoms with Gasteiger partial charge in [0.1, 0.15) is 0 Å². The van der Waals surface area contributed by atoms with Crippen LogP contribution in [-0.4, -0.2) is 47.9 Å². The molecule has 2 aliphatic rings. The highest BCUT2D eigenvalue weighted by Crippen LogP contribution is 2.40. The minimum absolute atomic E-state index is 0.0484. The summed E-state index contributed by atoms with van der Waals surface area (Å²) in [6, 6.07) is 3.80. The number of benzene rings is 1. The predicted octanol–water partition coefficient (Wildman–Crippen LogP) is 2.67. The molecule has 2 aliphatic heterocycles. The Morgan fingerprint density at radius 1 is 1.31 bits per heavy atom. The van der Waals surface area contributed by atoms with Crippen molar-refractivity contribution < 1.29 is 18.4 Å². The minimum atomic E-state index is -0.910. The summed E-state index contributed by atoms with van der Waals surface area (Å²) in [4.78, 5) is 28.4. The van der Waals surface area contributed by atoms with E-state index < -0.39 is 17.0 Å². The van der Waals surface area contributed by atoms with Crippen LogP contribution in [0.25, 0.3) is 0 Å². The highest BCUT2D eigenvalue weighted by Gasteiger charge is 2.49. The van der Waals surface area contributed by atoms with Crippen molar-refractivity contribution in [3.8, 4) is 0 Å². The number of nitrogens with zero attached hydrogens (tertiary/aromatic N) is 2. The van der Waals surface area contributed by atoms with Crippen molar-refractivity contribution in [1.82, 2.24) is 15.1 Å². The molecule has 0 unspecified atom stereocenters. The highest BCUT2D eigenvalue weighted by molar-refractivity contribution is 5.85. The molecule has 0 aliphatic carbocycles. The van der Waals surface area contributed by atoms with Crippen LogP contribution in [0.1, 0.15) is 24.8 Å². The van der Waals surface area contributed by atoms with Gasteiger partial charge in [-0.15, -0.1) is 6.58 Å². The maximum atomic E-state index is 14.0. The van der Waals surface area contributed by atoms with Crippen molar-refractivity contribution in [2.45, 2.75) is 25.8 Å². The molecule has 140 valence electrons. The first-order chi connectivity index (χ1) is 12.5. The summed E-state index contributed by atoms with van der Waals surface area (Å²) in [5.41, 5.74) is -0.443. The van der Waals surface area contributed by atoms with Crippen LogP contribution < -0.4 is 5.32 Å². The van der Waals surface area contributed by atoms with Gasteiger partial charge in [-0.1, -0.05) is 18.2 Å². The maximum Gasteiger partial charge on any atom is 0.317 e. The summed E-state index contributed by atoms with van der Waals surface area (Å²) in [5.74, 6) is -1.89. The summed E-state index contributed by atoms with van der Waals surface area (Å²) < 4.78 is 27.4. The molecule has 0 radical (unpaired) electrons. The second kappa shape index (κ2) is 7.43. The quantitative estimate of drug-likeness (QED) is 0.837. The van der Waals surface area contributed by atoms with Crippen LogP contribution in [0.2, 0.25) is 0 Å². The van der Waals surface area contributed by atoms with Crippen molar-refractivity contribution in [2.75, 3.05) is 26.2 Å². The molecule has 7 heteroatoms. The van der Waals surface area contributed by atoms with E-state index in [-0.39, 0.29) is 24.0 Å². The van der Waals surface area contributed by atoms with E-state index in [1.165, 1.54) is 12.1 Å². The van der Waals surface area contributed by atoms with Gasteiger partial charge in [0.15, 0.2) is 11.6 Å². The molecule has 1 N–H and O–H groups in total. The lowest BCUT2D eigenvalue weighted by molar-refractivity contribution is -0.146. The number of hydrogen-bond acceptors (Lipinski definition) is 2. The Morgan fingerprint density at radius 2 is 2.12 bits per heavy atom. The van der Waals surface area contributed by atoms with E-state index in [0.717, 1.165) is 12.5 Å². The molecule has 0 saturated carbocycles. The van der Waals surface area contributed by atoms with Crippen LogP contribution in [0.4, 0.5) is 13.6 Å². The first-order valence-corrected chi connectivity index (χ1v) is 8.83. The van der Waals surface area contributed by atoms with Gasteiger partial charge in [0.05, 0.1) is 5.41 Å². The molecule has 0 bridgehead atoms. The highest BCUT2D eigenvalue weighted by atomic mass is 19.2.